The van der Waals surface area contributed by atoms with Crippen molar-refractivity contribution in [2.24, 2.45) is 0 Å². The first kappa shape index (κ1) is 18.6. The maximum absolute atomic E-state index is 12.5. The summed E-state index contributed by atoms with van der Waals surface area (Å²) in [6.07, 6.45) is 4.92. The van der Waals surface area contributed by atoms with Gasteiger partial charge in [-0.2, -0.15) is 11.3 Å². The number of nitrogens with one attached hydrogen (secondary N) is 1. The molecule has 6 heteroatoms. The van der Waals surface area contributed by atoms with Gasteiger partial charge in [-0.3, -0.25) is 4.90 Å². The molecule has 2 aromatic rings. The van der Waals surface area contributed by atoms with Crippen molar-refractivity contribution in [1.82, 2.24) is 9.62 Å². The van der Waals surface area contributed by atoms with E-state index < -0.39 is 10.0 Å². The van der Waals surface area contributed by atoms with E-state index in [1.54, 1.807) is 11.3 Å². The molecule has 0 aliphatic carbocycles. The molecule has 4 nitrogen and oxygen atoms in total. The van der Waals surface area contributed by atoms with Crippen molar-refractivity contribution in [3.63, 3.8) is 0 Å². The Morgan fingerprint density at radius 2 is 1.76 bits per heavy atom. The quantitative estimate of drug-likeness (QED) is 0.797. The monoisotopic (exact) mass is 378 g/mol. The Kier molecular flexibility index (Phi) is 6.64. The van der Waals surface area contributed by atoms with Crippen molar-refractivity contribution in [2.45, 2.75) is 37.5 Å². The zero-order valence-corrected chi connectivity index (χ0v) is 16.1. The fourth-order valence-corrected chi connectivity index (χ4v) is 5.23. The molecule has 3 rings (SSSR count). The second-order valence-corrected chi connectivity index (χ2v) is 9.20. The molecule has 1 aromatic heterocycles. The molecule has 0 bridgehead atoms. The molecule has 1 aliphatic heterocycles. The molecular formula is C19H26N2O2S2. The van der Waals surface area contributed by atoms with Gasteiger partial charge in [-0.15, -0.1) is 0 Å². The molecule has 1 atom stereocenters. The number of thiophene rings is 1. The highest BCUT2D eigenvalue weighted by Gasteiger charge is 2.24. The lowest BCUT2D eigenvalue weighted by molar-refractivity contribution is 0.206. The zero-order chi connectivity index (χ0) is 17.5. The number of sulfonamides is 1. The molecule has 0 spiro atoms. The van der Waals surface area contributed by atoms with Crippen LogP contribution in [0.4, 0.5) is 0 Å². The minimum Gasteiger partial charge on any atom is -0.295 e. The highest BCUT2D eigenvalue weighted by molar-refractivity contribution is 7.88. The lowest BCUT2D eigenvalue weighted by Gasteiger charge is -2.30. The predicted octanol–water partition coefficient (Wildman–Crippen LogP) is 3.78. The normalized spacial score (nSPS) is 17.9. The van der Waals surface area contributed by atoms with Crippen LogP contribution in [0.3, 0.4) is 0 Å². The first-order valence-electron chi connectivity index (χ1n) is 8.91. The highest BCUT2D eigenvalue weighted by Crippen LogP contribution is 2.25. The molecule has 1 aliphatic rings. The summed E-state index contributed by atoms with van der Waals surface area (Å²) in [6, 6.07) is 11.6. The van der Waals surface area contributed by atoms with Gasteiger partial charge in [0.1, 0.15) is 0 Å². The van der Waals surface area contributed by atoms with Gasteiger partial charge in [0, 0.05) is 12.6 Å². The maximum Gasteiger partial charge on any atom is 0.215 e. The SMILES string of the molecule is O=S(=O)(Cc1ccccc1)NC[C@@H](c1ccsc1)N1CCCCCC1. The van der Waals surface area contributed by atoms with Crippen LogP contribution >= 0.6 is 11.3 Å². The van der Waals surface area contributed by atoms with Gasteiger partial charge < -0.3 is 0 Å². The molecule has 1 fully saturated rings. The zero-order valence-electron chi connectivity index (χ0n) is 14.4. The average molecular weight is 379 g/mol. The minimum atomic E-state index is -3.34. The first-order chi connectivity index (χ1) is 12.1. The Morgan fingerprint density at radius 3 is 2.40 bits per heavy atom. The number of likely N-dealkylation sites (tertiary alicyclic amines) is 1. The third-order valence-corrected chi connectivity index (χ3v) is 6.73. The second kappa shape index (κ2) is 8.94. The predicted molar refractivity (Wildman–Crippen MR) is 104 cm³/mol. The van der Waals surface area contributed by atoms with Gasteiger partial charge in [-0.05, 0) is 53.9 Å². The lowest BCUT2D eigenvalue weighted by Crippen LogP contribution is -2.38. The van der Waals surface area contributed by atoms with Crippen molar-refractivity contribution in [3.8, 4) is 0 Å². The molecule has 0 radical (unpaired) electrons. The average Bonchev–Trinajstić information content (AvgIpc) is 2.98. The highest BCUT2D eigenvalue weighted by atomic mass is 32.2. The molecule has 1 N–H and O–H groups in total. The van der Waals surface area contributed by atoms with Crippen molar-refractivity contribution in [3.05, 3.63) is 58.3 Å². The summed E-state index contributed by atoms with van der Waals surface area (Å²) >= 11 is 1.67. The number of rotatable bonds is 7. The van der Waals surface area contributed by atoms with Gasteiger partial charge in [0.25, 0.3) is 0 Å². The summed E-state index contributed by atoms with van der Waals surface area (Å²) < 4.78 is 27.8. The summed E-state index contributed by atoms with van der Waals surface area (Å²) in [7, 11) is -3.34. The smallest absolute Gasteiger partial charge is 0.215 e. The third kappa shape index (κ3) is 5.64. The van der Waals surface area contributed by atoms with Crippen LogP contribution in [0.5, 0.6) is 0 Å². The summed E-state index contributed by atoms with van der Waals surface area (Å²) in [6.45, 7) is 2.52. The summed E-state index contributed by atoms with van der Waals surface area (Å²) in [5, 5.41) is 4.21. The fourth-order valence-electron chi connectivity index (χ4n) is 3.38. The standard InChI is InChI=1S/C19H26N2O2S2/c22-25(23,16-17-8-4-3-5-9-17)20-14-19(18-10-13-24-15-18)21-11-6-1-2-7-12-21/h3-5,8-10,13,15,19-20H,1-2,6-7,11-12,14,16H2/t19-/m0/s1. The van der Waals surface area contributed by atoms with Gasteiger partial charge in [0.2, 0.25) is 10.0 Å². The molecule has 0 unspecified atom stereocenters. The van der Waals surface area contributed by atoms with Gasteiger partial charge in [-0.25, -0.2) is 13.1 Å². The first-order valence-corrected chi connectivity index (χ1v) is 11.5. The summed E-state index contributed by atoms with van der Waals surface area (Å²) in [5.74, 6) is 0.0319. The number of nitrogens with zero attached hydrogens (tertiary/aromatic N) is 1. The van der Waals surface area contributed by atoms with Crippen LogP contribution in [0, 0.1) is 0 Å². The molecule has 1 aromatic carbocycles. The minimum absolute atomic E-state index is 0.0319. The fraction of sp³-hybridized carbons (Fsp3) is 0.474. The van der Waals surface area contributed by atoms with Crippen LogP contribution in [0.15, 0.2) is 47.2 Å². The molecule has 2 heterocycles. The largest absolute Gasteiger partial charge is 0.295 e. The Hall–Kier alpha value is -1.21. The van der Waals surface area contributed by atoms with E-state index in [4.69, 9.17) is 0 Å². The van der Waals surface area contributed by atoms with E-state index in [-0.39, 0.29) is 11.8 Å². The molecule has 25 heavy (non-hydrogen) atoms. The van der Waals surface area contributed by atoms with Crippen molar-refractivity contribution in [2.75, 3.05) is 19.6 Å². The van der Waals surface area contributed by atoms with E-state index in [9.17, 15) is 8.42 Å². The van der Waals surface area contributed by atoms with E-state index in [2.05, 4.69) is 26.4 Å². The van der Waals surface area contributed by atoms with Crippen LogP contribution in [0.25, 0.3) is 0 Å². The van der Waals surface area contributed by atoms with Crippen molar-refractivity contribution >= 4 is 21.4 Å². The van der Waals surface area contributed by atoms with Crippen molar-refractivity contribution in [1.29, 1.82) is 0 Å². The Labute approximate surface area is 154 Å². The van der Waals surface area contributed by atoms with Gasteiger partial charge >= 0.3 is 0 Å². The van der Waals surface area contributed by atoms with Crippen LogP contribution in [0.2, 0.25) is 0 Å². The summed E-state index contributed by atoms with van der Waals surface area (Å²) in [5.41, 5.74) is 2.03. The van der Waals surface area contributed by atoms with Crippen LogP contribution in [-0.2, 0) is 15.8 Å². The van der Waals surface area contributed by atoms with Gasteiger partial charge in [0.05, 0.1) is 5.75 Å². The van der Waals surface area contributed by atoms with E-state index in [0.29, 0.717) is 6.54 Å². The number of benzene rings is 1. The van der Waals surface area contributed by atoms with Gasteiger partial charge in [-0.1, -0.05) is 43.2 Å². The van der Waals surface area contributed by atoms with Crippen LogP contribution in [0.1, 0.15) is 42.9 Å². The third-order valence-electron chi connectivity index (χ3n) is 4.71. The van der Waals surface area contributed by atoms with E-state index in [1.165, 1.54) is 31.2 Å². The van der Waals surface area contributed by atoms with E-state index in [1.807, 2.05) is 30.3 Å². The Morgan fingerprint density at radius 1 is 1.04 bits per heavy atom. The summed E-state index contributed by atoms with van der Waals surface area (Å²) in [4.78, 5) is 2.44. The van der Waals surface area contributed by atoms with Crippen LogP contribution < -0.4 is 4.72 Å². The van der Waals surface area contributed by atoms with Crippen molar-refractivity contribution < 1.29 is 8.42 Å². The van der Waals surface area contributed by atoms with E-state index >= 15 is 0 Å². The molecular weight excluding hydrogens is 352 g/mol. The second-order valence-electron chi connectivity index (χ2n) is 6.62. The Balaban J connectivity index is 1.67. The van der Waals surface area contributed by atoms with Crippen LogP contribution in [-0.4, -0.2) is 33.0 Å². The maximum atomic E-state index is 12.5. The Bertz CT molecular complexity index is 722. The number of hydrogen-bond acceptors (Lipinski definition) is 4. The van der Waals surface area contributed by atoms with E-state index in [0.717, 1.165) is 18.7 Å². The molecule has 0 amide bonds. The number of hydrogen-bond donors (Lipinski definition) is 1. The topological polar surface area (TPSA) is 49.4 Å². The molecule has 136 valence electrons. The van der Waals surface area contributed by atoms with Gasteiger partial charge in [0.15, 0.2) is 0 Å². The lowest BCUT2D eigenvalue weighted by atomic mass is 10.1. The molecule has 1 saturated heterocycles. The molecule has 0 saturated carbocycles.